The Hall–Kier alpha value is -3.35. The maximum absolute atomic E-state index is 12.6. The molecule has 0 bridgehead atoms. The Morgan fingerprint density at radius 3 is 2.52 bits per heavy atom. The van der Waals surface area contributed by atoms with Gasteiger partial charge in [-0.15, -0.1) is 0 Å². The molecule has 2 aromatic carbocycles. The number of aromatic hydroxyl groups is 2. The summed E-state index contributed by atoms with van der Waals surface area (Å²) in [6.45, 7) is 1.27. The first kappa shape index (κ1) is 14.6. The molecule has 0 atom stereocenters. The molecule has 3 rings (SSSR count). The highest BCUT2D eigenvalue weighted by molar-refractivity contribution is 5.88. The zero-order valence-electron chi connectivity index (χ0n) is 12.1. The van der Waals surface area contributed by atoms with Gasteiger partial charge in [-0.3, -0.25) is 15.0 Å². The smallest absolute Gasteiger partial charge is 0.280 e. The van der Waals surface area contributed by atoms with E-state index in [1.54, 1.807) is 30.3 Å². The van der Waals surface area contributed by atoms with Gasteiger partial charge in [0.15, 0.2) is 5.82 Å². The van der Waals surface area contributed by atoms with E-state index in [-0.39, 0.29) is 28.2 Å². The van der Waals surface area contributed by atoms with Gasteiger partial charge in [0.1, 0.15) is 17.0 Å². The van der Waals surface area contributed by atoms with Crippen molar-refractivity contribution < 1.29 is 15.0 Å². The number of nitrogens with zero attached hydrogens (tertiary/aromatic N) is 2. The zero-order valence-corrected chi connectivity index (χ0v) is 12.1. The lowest BCUT2D eigenvalue weighted by molar-refractivity contribution is -0.115. The largest absolute Gasteiger partial charge is 0.508 e. The molecule has 0 aliphatic heterocycles. The van der Waals surface area contributed by atoms with Gasteiger partial charge in [0.2, 0.25) is 5.91 Å². The summed E-state index contributed by atoms with van der Waals surface area (Å²) in [5.74, 6) is -0.853. The van der Waals surface area contributed by atoms with Crippen LogP contribution < -0.4 is 11.0 Å². The topological polar surface area (TPSA) is 104 Å². The molecular weight excluding hydrogens is 298 g/mol. The van der Waals surface area contributed by atoms with E-state index in [4.69, 9.17) is 0 Å². The highest BCUT2D eigenvalue weighted by Crippen LogP contribution is 2.28. The number of aromatic nitrogens is 2. The average molecular weight is 311 g/mol. The SMILES string of the molecule is CC(=O)Nn1c(-c2ccccc2)nc2c(O)cc(O)cc2c1=O. The van der Waals surface area contributed by atoms with Crippen LogP contribution in [0.4, 0.5) is 0 Å². The van der Waals surface area contributed by atoms with Crippen molar-refractivity contribution in [2.45, 2.75) is 6.92 Å². The molecule has 0 aliphatic carbocycles. The lowest BCUT2D eigenvalue weighted by Gasteiger charge is -2.14. The molecule has 0 aliphatic rings. The summed E-state index contributed by atoms with van der Waals surface area (Å²) < 4.78 is 0.999. The highest BCUT2D eigenvalue weighted by atomic mass is 16.3. The number of hydrogen-bond acceptors (Lipinski definition) is 5. The highest BCUT2D eigenvalue weighted by Gasteiger charge is 2.16. The van der Waals surface area contributed by atoms with Crippen LogP contribution in [-0.4, -0.2) is 25.8 Å². The third-order valence-electron chi connectivity index (χ3n) is 3.24. The summed E-state index contributed by atoms with van der Waals surface area (Å²) >= 11 is 0. The van der Waals surface area contributed by atoms with Crippen LogP contribution in [0.5, 0.6) is 11.5 Å². The van der Waals surface area contributed by atoms with Crippen molar-refractivity contribution in [1.29, 1.82) is 0 Å². The number of amides is 1. The summed E-state index contributed by atoms with van der Waals surface area (Å²) in [6.07, 6.45) is 0. The minimum absolute atomic E-state index is 0.00377. The molecule has 0 unspecified atom stereocenters. The van der Waals surface area contributed by atoms with Gasteiger partial charge in [-0.2, -0.15) is 4.68 Å². The molecule has 23 heavy (non-hydrogen) atoms. The lowest BCUT2D eigenvalue weighted by Crippen LogP contribution is -2.34. The van der Waals surface area contributed by atoms with Gasteiger partial charge in [-0.25, -0.2) is 4.98 Å². The number of phenolic OH excluding ortho intramolecular Hbond substituents is 2. The predicted octanol–water partition coefficient (Wildman–Crippen LogP) is 1.56. The summed E-state index contributed by atoms with van der Waals surface area (Å²) in [5, 5.41) is 19.5. The van der Waals surface area contributed by atoms with E-state index in [9.17, 15) is 19.8 Å². The van der Waals surface area contributed by atoms with Crippen LogP contribution in [0.3, 0.4) is 0 Å². The molecule has 116 valence electrons. The lowest BCUT2D eigenvalue weighted by atomic mass is 10.1. The van der Waals surface area contributed by atoms with Crippen molar-refractivity contribution in [3.8, 4) is 22.9 Å². The Balaban J connectivity index is 2.42. The predicted molar refractivity (Wildman–Crippen MR) is 84.8 cm³/mol. The van der Waals surface area contributed by atoms with E-state index in [2.05, 4.69) is 10.4 Å². The molecule has 0 radical (unpaired) electrons. The van der Waals surface area contributed by atoms with Gasteiger partial charge >= 0.3 is 0 Å². The fourth-order valence-electron chi connectivity index (χ4n) is 2.30. The number of rotatable bonds is 2. The van der Waals surface area contributed by atoms with Crippen molar-refractivity contribution in [2.24, 2.45) is 0 Å². The minimum atomic E-state index is -0.602. The molecule has 0 fully saturated rings. The Morgan fingerprint density at radius 2 is 1.87 bits per heavy atom. The maximum atomic E-state index is 12.6. The second kappa shape index (κ2) is 5.45. The van der Waals surface area contributed by atoms with E-state index in [1.165, 1.54) is 13.0 Å². The van der Waals surface area contributed by atoms with Gasteiger partial charge in [0, 0.05) is 18.6 Å². The van der Waals surface area contributed by atoms with Gasteiger partial charge in [-0.1, -0.05) is 30.3 Å². The van der Waals surface area contributed by atoms with E-state index >= 15 is 0 Å². The standard InChI is InChI=1S/C16H13N3O4/c1-9(20)18-19-15(10-5-3-2-4-6-10)17-14-12(16(19)23)7-11(21)8-13(14)22/h2-8,21-22H,1H3,(H,18,20). The number of phenols is 2. The number of carbonyl (C=O) groups excluding carboxylic acids is 1. The van der Waals surface area contributed by atoms with Crippen LogP contribution in [0.15, 0.2) is 47.3 Å². The number of carbonyl (C=O) groups is 1. The van der Waals surface area contributed by atoms with Crippen LogP contribution in [0, 0.1) is 0 Å². The molecule has 1 heterocycles. The first-order valence-corrected chi connectivity index (χ1v) is 6.79. The monoisotopic (exact) mass is 311 g/mol. The van der Waals surface area contributed by atoms with E-state index in [0.717, 1.165) is 10.7 Å². The van der Waals surface area contributed by atoms with E-state index < -0.39 is 11.5 Å². The first-order valence-electron chi connectivity index (χ1n) is 6.79. The number of hydrogen-bond donors (Lipinski definition) is 3. The Bertz CT molecular complexity index is 964. The van der Waals surface area contributed by atoms with Crippen LogP contribution >= 0.6 is 0 Å². The molecule has 3 N–H and O–H groups in total. The molecule has 0 saturated heterocycles. The van der Waals surface area contributed by atoms with Gasteiger partial charge < -0.3 is 10.2 Å². The summed E-state index contributed by atoms with van der Waals surface area (Å²) in [7, 11) is 0. The molecular formula is C16H13N3O4. The molecule has 1 amide bonds. The second-order valence-electron chi connectivity index (χ2n) is 4.97. The number of nitrogens with one attached hydrogen (secondary N) is 1. The quantitative estimate of drug-likeness (QED) is 0.666. The Kier molecular flexibility index (Phi) is 3.46. The molecule has 0 saturated carbocycles. The van der Waals surface area contributed by atoms with Gasteiger partial charge in [0.05, 0.1) is 5.39 Å². The van der Waals surface area contributed by atoms with Crippen molar-refractivity contribution in [1.82, 2.24) is 9.66 Å². The number of fused-ring (bicyclic) bond motifs is 1. The maximum Gasteiger partial charge on any atom is 0.280 e. The van der Waals surface area contributed by atoms with Crippen LogP contribution in [-0.2, 0) is 4.79 Å². The molecule has 7 heteroatoms. The Morgan fingerprint density at radius 1 is 1.17 bits per heavy atom. The molecule has 1 aromatic heterocycles. The molecule has 0 spiro atoms. The summed E-state index contributed by atoms with van der Waals surface area (Å²) in [6, 6.07) is 11.1. The van der Waals surface area contributed by atoms with Gasteiger partial charge in [-0.05, 0) is 6.07 Å². The minimum Gasteiger partial charge on any atom is -0.508 e. The van der Waals surface area contributed by atoms with Crippen LogP contribution in [0.2, 0.25) is 0 Å². The van der Waals surface area contributed by atoms with Crippen LogP contribution in [0.25, 0.3) is 22.3 Å². The number of benzene rings is 2. The third-order valence-corrected chi connectivity index (χ3v) is 3.24. The fraction of sp³-hybridized carbons (Fsp3) is 0.0625. The van der Waals surface area contributed by atoms with E-state index in [0.29, 0.717) is 5.56 Å². The first-order chi connectivity index (χ1) is 11.0. The Labute approximate surface area is 130 Å². The average Bonchev–Trinajstić information content (AvgIpc) is 2.51. The zero-order chi connectivity index (χ0) is 16.6. The van der Waals surface area contributed by atoms with Crippen molar-refractivity contribution in [2.75, 3.05) is 5.43 Å². The second-order valence-corrected chi connectivity index (χ2v) is 4.97. The molecule has 3 aromatic rings. The van der Waals surface area contributed by atoms with E-state index in [1.807, 2.05) is 0 Å². The third kappa shape index (κ3) is 2.59. The van der Waals surface area contributed by atoms with Crippen molar-refractivity contribution in [3.05, 3.63) is 52.8 Å². The fourth-order valence-corrected chi connectivity index (χ4v) is 2.30. The normalized spacial score (nSPS) is 10.7. The van der Waals surface area contributed by atoms with Crippen LogP contribution in [0.1, 0.15) is 6.92 Å². The van der Waals surface area contributed by atoms with Crippen molar-refractivity contribution in [3.63, 3.8) is 0 Å². The molecule has 7 nitrogen and oxygen atoms in total. The summed E-state index contributed by atoms with van der Waals surface area (Å²) in [5.41, 5.74) is 2.45. The van der Waals surface area contributed by atoms with Crippen molar-refractivity contribution >= 4 is 16.8 Å². The van der Waals surface area contributed by atoms with Gasteiger partial charge in [0.25, 0.3) is 5.56 Å². The summed E-state index contributed by atoms with van der Waals surface area (Å²) in [4.78, 5) is 28.4.